The first-order valence-electron chi connectivity index (χ1n) is 9.34. The molecule has 3 rings (SSSR count). The number of rotatable bonds is 6. The molecule has 0 aromatic heterocycles. The third kappa shape index (κ3) is 4.85. The second-order valence-electron chi connectivity index (χ2n) is 7.02. The van der Waals surface area contributed by atoms with Crippen LogP contribution in [0.15, 0.2) is 48.5 Å². The molecule has 1 heterocycles. The highest BCUT2D eigenvalue weighted by molar-refractivity contribution is 5.79. The number of amides is 1. The van der Waals surface area contributed by atoms with Crippen LogP contribution in [0.1, 0.15) is 29.5 Å². The van der Waals surface area contributed by atoms with Crippen molar-refractivity contribution in [3.05, 3.63) is 65.2 Å². The molecular weight excluding hydrogens is 324 g/mol. The molecule has 1 saturated heterocycles. The van der Waals surface area contributed by atoms with Gasteiger partial charge in [-0.25, -0.2) is 0 Å². The van der Waals surface area contributed by atoms with Crippen LogP contribution in [-0.4, -0.2) is 37.0 Å². The van der Waals surface area contributed by atoms with Crippen LogP contribution in [0.2, 0.25) is 0 Å². The Labute approximate surface area is 156 Å². The van der Waals surface area contributed by atoms with E-state index >= 15 is 0 Å². The van der Waals surface area contributed by atoms with Crippen LogP contribution in [0.3, 0.4) is 0 Å². The lowest BCUT2D eigenvalue weighted by molar-refractivity contribution is -0.134. The van der Waals surface area contributed by atoms with E-state index < -0.39 is 0 Å². The number of nitrogens with one attached hydrogen (secondary N) is 1. The molecule has 1 N–H and O–H groups in total. The van der Waals surface area contributed by atoms with Crippen molar-refractivity contribution in [2.75, 3.05) is 20.2 Å². The highest BCUT2D eigenvalue weighted by Gasteiger charge is 2.25. The van der Waals surface area contributed by atoms with E-state index in [1.807, 2.05) is 24.3 Å². The predicted octanol–water partition coefficient (Wildman–Crippen LogP) is 3.33. The van der Waals surface area contributed by atoms with E-state index in [-0.39, 0.29) is 5.91 Å². The van der Waals surface area contributed by atoms with Gasteiger partial charge in [0.2, 0.25) is 5.91 Å². The van der Waals surface area contributed by atoms with Crippen molar-refractivity contribution < 1.29 is 9.53 Å². The summed E-state index contributed by atoms with van der Waals surface area (Å²) in [6, 6.07) is 16.6. The number of benzene rings is 2. The molecular formula is C22H28N2O2. The molecule has 1 aliphatic rings. The number of carbonyl (C=O) groups excluding carboxylic acids is 1. The molecule has 0 bridgehead atoms. The van der Waals surface area contributed by atoms with E-state index in [4.69, 9.17) is 4.74 Å². The number of hydrogen-bond acceptors (Lipinski definition) is 3. The highest BCUT2D eigenvalue weighted by atomic mass is 16.5. The molecule has 0 spiro atoms. The minimum absolute atomic E-state index is 0.186. The van der Waals surface area contributed by atoms with Crippen molar-refractivity contribution in [2.24, 2.45) is 0 Å². The number of nitrogens with zero attached hydrogens (tertiary/aromatic N) is 1. The van der Waals surface area contributed by atoms with Crippen LogP contribution >= 0.6 is 0 Å². The third-order valence-corrected chi connectivity index (χ3v) is 5.03. The first-order chi connectivity index (χ1) is 12.7. The Bertz CT molecular complexity index is 721. The minimum atomic E-state index is 0.186. The summed E-state index contributed by atoms with van der Waals surface area (Å²) in [5.41, 5.74) is 3.43. The van der Waals surface area contributed by atoms with E-state index in [1.54, 1.807) is 7.11 Å². The van der Waals surface area contributed by atoms with Crippen molar-refractivity contribution >= 4 is 5.91 Å². The van der Waals surface area contributed by atoms with Crippen LogP contribution in [0.4, 0.5) is 0 Å². The summed E-state index contributed by atoms with van der Waals surface area (Å²) in [5.74, 6) is 0.980. The molecule has 0 radical (unpaired) electrons. The number of ether oxygens (including phenoxy) is 1. The average molecular weight is 352 g/mol. The molecule has 0 saturated carbocycles. The highest BCUT2D eigenvalue weighted by Crippen LogP contribution is 2.19. The molecule has 1 fully saturated rings. The maximum atomic E-state index is 13.1. The molecule has 0 atom stereocenters. The van der Waals surface area contributed by atoms with Gasteiger partial charge in [0.1, 0.15) is 5.75 Å². The molecule has 1 amide bonds. The van der Waals surface area contributed by atoms with Crippen LogP contribution < -0.4 is 10.1 Å². The van der Waals surface area contributed by atoms with E-state index in [1.165, 1.54) is 11.1 Å². The summed E-state index contributed by atoms with van der Waals surface area (Å²) in [4.78, 5) is 15.2. The van der Waals surface area contributed by atoms with Crippen molar-refractivity contribution in [3.63, 3.8) is 0 Å². The van der Waals surface area contributed by atoms with E-state index in [2.05, 4.69) is 41.4 Å². The number of piperidine rings is 1. The molecule has 4 heteroatoms. The molecule has 26 heavy (non-hydrogen) atoms. The Morgan fingerprint density at radius 3 is 2.54 bits per heavy atom. The van der Waals surface area contributed by atoms with Gasteiger partial charge in [-0.05, 0) is 56.1 Å². The summed E-state index contributed by atoms with van der Waals surface area (Å²) < 4.78 is 5.29. The molecule has 1 aliphatic heterocycles. The zero-order valence-corrected chi connectivity index (χ0v) is 15.7. The van der Waals surface area contributed by atoms with Gasteiger partial charge in [-0.15, -0.1) is 0 Å². The summed E-state index contributed by atoms with van der Waals surface area (Å²) in [6.45, 7) is 4.71. The quantitative estimate of drug-likeness (QED) is 0.867. The van der Waals surface area contributed by atoms with Gasteiger partial charge in [0, 0.05) is 12.6 Å². The molecule has 2 aromatic rings. The zero-order chi connectivity index (χ0) is 18.4. The molecule has 2 aromatic carbocycles. The van der Waals surface area contributed by atoms with Gasteiger partial charge in [-0.3, -0.25) is 4.79 Å². The van der Waals surface area contributed by atoms with E-state index in [0.717, 1.165) is 37.2 Å². The maximum absolute atomic E-state index is 13.1. The second kappa shape index (κ2) is 8.86. The minimum Gasteiger partial charge on any atom is -0.497 e. The van der Waals surface area contributed by atoms with Crippen LogP contribution in [0, 0.1) is 6.92 Å². The Balaban J connectivity index is 1.76. The second-order valence-corrected chi connectivity index (χ2v) is 7.02. The largest absolute Gasteiger partial charge is 0.497 e. The van der Waals surface area contributed by atoms with Crippen LogP contribution in [0.25, 0.3) is 0 Å². The zero-order valence-electron chi connectivity index (χ0n) is 15.7. The number of hydrogen-bond donors (Lipinski definition) is 1. The normalized spacial score (nSPS) is 14.8. The van der Waals surface area contributed by atoms with Crippen molar-refractivity contribution in [2.45, 2.75) is 38.8 Å². The molecule has 0 aliphatic carbocycles. The van der Waals surface area contributed by atoms with Gasteiger partial charge in [0.15, 0.2) is 0 Å². The summed E-state index contributed by atoms with van der Waals surface area (Å²) in [6.07, 6.45) is 2.43. The molecule has 138 valence electrons. The van der Waals surface area contributed by atoms with Crippen molar-refractivity contribution in [3.8, 4) is 5.75 Å². The Kier molecular flexibility index (Phi) is 6.29. The number of carbonyl (C=O) groups is 1. The van der Waals surface area contributed by atoms with Gasteiger partial charge in [-0.2, -0.15) is 0 Å². The molecule has 0 unspecified atom stereocenters. The van der Waals surface area contributed by atoms with Crippen LogP contribution in [0.5, 0.6) is 5.75 Å². The first kappa shape index (κ1) is 18.5. The number of methoxy groups -OCH3 is 1. The van der Waals surface area contributed by atoms with Gasteiger partial charge in [0.25, 0.3) is 0 Å². The first-order valence-corrected chi connectivity index (χ1v) is 9.34. The summed E-state index contributed by atoms with van der Waals surface area (Å²) in [5, 5.41) is 3.39. The Hall–Kier alpha value is -2.33. The smallest absolute Gasteiger partial charge is 0.227 e. The fraction of sp³-hybridized carbons (Fsp3) is 0.409. The van der Waals surface area contributed by atoms with Gasteiger partial charge < -0.3 is 15.0 Å². The van der Waals surface area contributed by atoms with E-state index in [0.29, 0.717) is 19.0 Å². The fourth-order valence-electron chi connectivity index (χ4n) is 3.49. The topological polar surface area (TPSA) is 41.6 Å². The summed E-state index contributed by atoms with van der Waals surface area (Å²) >= 11 is 0. The van der Waals surface area contributed by atoms with Gasteiger partial charge in [-0.1, -0.05) is 42.0 Å². The monoisotopic (exact) mass is 352 g/mol. The lowest BCUT2D eigenvalue weighted by Crippen LogP contribution is -2.46. The molecule has 4 nitrogen and oxygen atoms in total. The van der Waals surface area contributed by atoms with Crippen LogP contribution in [-0.2, 0) is 17.8 Å². The lowest BCUT2D eigenvalue weighted by Gasteiger charge is -2.35. The van der Waals surface area contributed by atoms with Crippen molar-refractivity contribution in [1.29, 1.82) is 0 Å². The van der Waals surface area contributed by atoms with E-state index in [9.17, 15) is 4.79 Å². The lowest BCUT2D eigenvalue weighted by atomic mass is 10.0. The maximum Gasteiger partial charge on any atom is 0.227 e. The SMILES string of the molecule is COc1cccc(CC(=O)N(Cc2ccc(C)cc2)C2CCNCC2)c1. The number of aryl methyl sites for hydroxylation is 1. The standard InChI is InChI=1S/C22H28N2O2/c1-17-6-8-18(9-7-17)16-24(20-10-12-23-13-11-20)22(25)15-19-4-3-5-21(14-19)26-2/h3-9,14,20,23H,10-13,15-16H2,1-2H3. The Morgan fingerprint density at radius 1 is 1.12 bits per heavy atom. The predicted molar refractivity (Wildman–Crippen MR) is 104 cm³/mol. The van der Waals surface area contributed by atoms with Gasteiger partial charge in [0.05, 0.1) is 13.5 Å². The van der Waals surface area contributed by atoms with Crippen molar-refractivity contribution in [1.82, 2.24) is 10.2 Å². The Morgan fingerprint density at radius 2 is 1.85 bits per heavy atom. The summed E-state index contributed by atoms with van der Waals surface area (Å²) in [7, 11) is 1.65. The average Bonchev–Trinajstić information content (AvgIpc) is 2.68. The van der Waals surface area contributed by atoms with Gasteiger partial charge >= 0.3 is 0 Å². The fourth-order valence-corrected chi connectivity index (χ4v) is 3.49. The third-order valence-electron chi connectivity index (χ3n) is 5.03.